The first-order valence-corrected chi connectivity index (χ1v) is 15.2. The molecule has 5 heterocycles. The Balaban J connectivity index is 0.000000417. The van der Waals surface area contributed by atoms with E-state index in [0.29, 0.717) is 51.3 Å². The summed E-state index contributed by atoms with van der Waals surface area (Å²) in [5, 5.41) is 4.00. The van der Waals surface area contributed by atoms with E-state index in [2.05, 4.69) is 36.8 Å². The fourth-order valence-electron chi connectivity index (χ4n) is 4.86. The molecule has 2 saturated heterocycles. The number of nitrogens with zero attached hydrogens (tertiary/aromatic N) is 7. The number of halogens is 1. The van der Waals surface area contributed by atoms with Crippen LogP contribution >= 0.6 is 8.19 Å². The van der Waals surface area contributed by atoms with Gasteiger partial charge in [-0.2, -0.15) is 4.98 Å². The molecule has 3 aromatic rings. The largest absolute Gasteiger partial charge is 0.373 e. The number of piperidine rings is 1. The molecule has 2 N–H and O–H groups in total. The van der Waals surface area contributed by atoms with E-state index >= 15 is 0 Å². The quantitative estimate of drug-likeness (QED) is 0.365. The van der Waals surface area contributed by atoms with Crippen LogP contribution in [0.5, 0.6) is 0 Å². The Morgan fingerprint density at radius 3 is 2.49 bits per heavy atom. The summed E-state index contributed by atoms with van der Waals surface area (Å²) < 4.78 is 23.0. The summed E-state index contributed by atoms with van der Waals surface area (Å²) in [7, 11) is 0.692. The normalized spacial score (nSPS) is 17.5. The fraction of sp³-hybridized carbons (Fsp3) is 0.571. The molecule has 0 aromatic carbocycles. The maximum atomic E-state index is 13.2. The van der Waals surface area contributed by atoms with Gasteiger partial charge in [0.1, 0.15) is 12.2 Å². The molecule has 0 spiro atoms. The maximum absolute atomic E-state index is 13.2. The van der Waals surface area contributed by atoms with Crippen molar-refractivity contribution >= 4 is 26.1 Å². The highest BCUT2D eigenvalue weighted by molar-refractivity contribution is 7.28. The van der Waals surface area contributed by atoms with Gasteiger partial charge < -0.3 is 29.7 Å². The first-order chi connectivity index (χ1) is 19.9. The number of aryl methyl sites for hydroxylation is 1. The first kappa shape index (κ1) is 30.7. The molecule has 0 saturated carbocycles. The minimum atomic E-state index is -0.0735. The van der Waals surface area contributed by atoms with Crippen molar-refractivity contribution in [1.29, 1.82) is 0 Å². The Morgan fingerprint density at radius 2 is 1.90 bits per heavy atom. The lowest BCUT2D eigenvalue weighted by Crippen LogP contribution is -2.47. The first-order valence-electron chi connectivity index (χ1n) is 14.2. The number of ether oxygens (including phenoxy) is 1. The highest BCUT2D eigenvalue weighted by Gasteiger charge is 2.30. The van der Waals surface area contributed by atoms with Gasteiger partial charge in [0.2, 0.25) is 5.95 Å². The van der Waals surface area contributed by atoms with E-state index in [-0.39, 0.29) is 23.5 Å². The topological polar surface area (TPSA) is 127 Å². The zero-order valence-electron chi connectivity index (χ0n) is 24.1. The van der Waals surface area contributed by atoms with Crippen molar-refractivity contribution < 1.29 is 18.4 Å². The number of carbonyl (C=O) groups excluding carboxylic acids is 1. The minimum absolute atomic E-state index is 0.0335. The van der Waals surface area contributed by atoms with Crippen molar-refractivity contribution in [1.82, 2.24) is 25.0 Å². The molecule has 2 fully saturated rings. The van der Waals surface area contributed by atoms with Crippen LogP contribution in [0.1, 0.15) is 61.3 Å². The highest BCUT2D eigenvalue weighted by Crippen LogP contribution is 2.23. The molecular weight excluding hydrogens is 546 g/mol. The Bertz CT molecular complexity index is 1200. The van der Waals surface area contributed by atoms with E-state index in [1.165, 1.54) is 6.07 Å². The van der Waals surface area contributed by atoms with E-state index in [1.807, 2.05) is 24.5 Å². The average molecular weight is 587 g/mol. The van der Waals surface area contributed by atoms with E-state index in [9.17, 15) is 9.18 Å². The Labute approximate surface area is 242 Å². The van der Waals surface area contributed by atoms with Crippen molar-refractivity contribution in [2.45, 2.75) is 65.1 Å². The molecule has 2 aliphatic heterocycles. The van der Waals surface area contributed by atoms with Gasteiger partial charge >= 0.3 is 6.01 Å². The van der Waals surface area contributed by atoms with Crippen molar-refractivity contribution in [2.24, 2.45) is 5.73 Å². The van der Waals surface area contributed by atoms with Crippen LogP contribution in [0.15, 0.2) is 34.8 Å². The summed E-state index contributed by atoms with van der Waals surface area (Å²) in [4.78, 5) is 32.5. The van der Waals surface area contributed by atoms with Gasteiger partial charge in [0.15, 0.2) is 5.82 Å². The number of aromatic nitrogens is 4. The van der Waals surface area contributed by atoms with Crippen molar-refractivity contribution in [2.75, 3.05) is 49.1 Å². The summed E-state index contributed by atoms with van der Waals surface area (Å²) in [5.41, 5.74) is 7.55. The summed E-state index contributed by atoms with van der Waals surface area (Å²) in [6, 6.07) is 4.08. The number of hydrogen-bond acceptors (Lipinski definition) is 10. The molecule has 13 heteroatoms. The Kier molecular flexibility index (Phi) is 11.4. The van der Waals surface area contributed by atoms with E-state index in [0.717, 1.165) is 57.4 Å². The minimum Gasteiger partial charge on any atom is -0.373 e. The van der Waals surface area contributed by atoms with Gasteiger partial charge in [0.25, 0.3) is 5.91 Å². The van der Waals surface area contributed by atoms with Gasteiger partial charge in [-0.25, -0.2) is 14.4 Å². The molecule has 5 rings (SSSR count). The summed E-state index contributed by atoms with van der Waals surface area (Å²) in [5.74, 6) is 3.00. The monoisotopic (exact) mass is 586 g/mol. The predicted octanol–water partition coefficient (Wildman–Crippen LogP) is 4.17. The molecule has 0 bridgehead atoms. The van der Waals surface area contributed by atoms with Crippen LogP contribution in [0.4, 0.5) is 16.4 Å². The molecule has 3 aromatic heterocycles. The van der Waals surface area contributed by atoms with Crippen LogP contribution in [-0.4, -0.2) is 82.3 Å². The molecule has 222 valence electrons. The van der Waals surface area contributed by atoms with Crippen molar-refractivity contribution in [3.05, 3.63) is 52.8 Å². The second-order valence-corrected chi connectivity index (χ2v) is 11.2. The van der Waals surface area contributed by atoms with Crippen LogP contribution in [0.25, 0.3) is 0 Å². The summed E-state index contributed by atoms with van der Waals surface area (Å²) in [6.45, 7) is 10.8. The van der Waals surface area contributed by atoms with E-state index in [1.54, 1.807) is 18.5 Å². The van der Waals surface area contributed by atoms with E-state index in [4.69, 9.17) is 15.0 Å². The fourth-order valence-corrected chi connectivity index (χ4v) is 5.43. The van der Waals surface area contributed by atoms with Crippen LogP contribution in [0.3, 0.4) is 0 Å². The molecule has 0 unspecified atom stereocenters. The number of nitrogens with two attached hydrogens (primary N) is 1. The van der Waals surface area contributed by atoms with E-state index < -0.39 is 0 Å². The Hall–Kier alpha value is -3.21. The van der Waals surface area contributed by atoms with Gasteiger partial charge in [-0.15, -0.1) is 0 Å². The van der Waals surface area contributed by atoms with Crippen molar-refractivity contribution in [3.8, 4) is 0 Å². The number of rotatable bonds is 9. The maximum Gasteiger partial charge on any atom is 0.324 e. The van der Waals surface area contributed by atoms with Gasteiger partial charge in [0.05, 0.1) is 5.56 Å². The Morgan fingerprint density at radius 1 is 1.17 bits per heavy atom. The van der Waals surface area contributed by atoms with Gasteiger partial charge in [-0.1, -0.05) is 18.1 Å². The second kappa shape index (κ2) is 15.1. The molecule has 1 atom stereocenters. The lowest BCUT2D eigenvalue weighted by atomic mass is 10.0. The molecular formula is C28H40FN8O3P. The molecule has 1 amide bonds. The molecule has 2 aliphatic rings. The smallest absolute Gasteiger partial charge is 0.324 e. The number of anilines is 2. The van der Waals surface area contributed by atoms with Gasteiger partial charge in [-0.05, 0) is 65.2 Å². The third kappa shape index (κ3) is 8.64. The summed E-state index contributed by atoms with van der Waals surface area (Å²) >= 11 is 0. The number of carbonyl (C=O) groups is 1. The second-order valence-electron chi connectivity index (χ2n) is 10.3. The third-order valence-electron chi connectivity index (χ3n) is 7.08. The lowest BCUT2D eigenvalue weighted by Gasteiger charge is -2.37. The zero-order valence-corrected chi connectivity index (χ0v) is 25.0. The van der Waals surface area contributed by atoms with Gasteiger partial charge in [0, 0.05) is 63.8 Å². The SMILES string of the molecule is CCCOCc1noc(N2CCC(N(CC)C(=O)c3cnc(N4CC[C@@H](N)C4)nc3)CC2)n1.Cc1ccc(F)pc1. The standard InChI is InChI=1S/C22H34N8O3.C6H6FP/c1-3-11-32-15-19-26-22(33-27-19)28-9-6-18(7-10-28)30(4-2)20(31)16-12-24-21(25-13-16)29-8-5-17(23)14-29;1-5-2-3-6(7)8-4-5/h12-13,17-18H,3-11,14-15,23H2,1-2H3;2-4H,1H3/t17-;/m1./s1. The zero-order chi connectivity index (χ0) is 29.2. The summed E-state index contributed by atoms with van der Waals surface area (Å²) in [6.07, 6.45) is 6.81. The average Bonchev–Trinajstić information content (AvgIpc) is 3.65. The predicted molar refractivity (Wildman–Crippen MR) is 157 cm³/mol. The van der Waals surface area contributed by atoms with Crippen molar-refractivity contribution in [3.63, 3.8) is 0 Å². The molecule has 41 heavy (non-hydrogen) atoms. The van der Waals surface area contributed by atoms with Crippen LogP contribution < -0.4 is 15.5 Å². The lowest BCUT2D eigenvalue weighted by molar-refractivity contribution is 0.0661. The number of amides is 1. The van der Waals surface area contributed by atoms with Crippen LogP contribution in [0.2, 0.25) is 0 Å². The van der Waals surface area contributed by atoms with Gasteiger partial charge in [-0.3, -0.25) is 4.79 Å². The number of hydrogen-bond donors (Lipinski definition) is 1. The van der Waals surface area contributed by atoms with Crippen LogP contribution in [0, 0.1) is 12.5 Å². The van der Waals surface area contributed by atoms with Crippen LogP contribution in [-0.2, 0) is 11.3 Å². The molecule has 11 nitrogen and oxygen atoms in total. The molecule has 0 radical (unpaired) electrons. The third-order valence-corrected chi connectivity index (χ3v) is 8.01. The molecule has 0 aliphatic carbocycles. The highest BCUT2D eigenvalue weighted by atomic mass is 31.0.